The predicted octanol–water partition coefficient (Wildman–Crippen LogP) is 4.26. The maximum absolute atomic E-state index is 13.7. The molecule has 1 aliphatic heterocycles. The Bertz CT molecular complexity index is 873. The summed E-state index contributed by atoms with van der Waals surface area (Å²) in [7, 11) is 0. The van der Waals surface area contributed by atoms with Crippen LogP contribution in [0, 0.1) is 5.82 Å². The monoisotopic (exact) mass is 368 g/mol. The van der Waals surface area contributed by atoms with Crippen molar-refractivity contribution in [2.24, 2.45) is 0 Å². The molecule has 2 aromatic rings. The number of hydrogen-bond acceptors (Lipinski definition) is 4. The Balaban J connectivity index is 1.82. The number of rotatable bonds is 6. The lowest BCUT2D eigenvalue weighted by molar-refractivity contribution is -0.154. The number of carbonyl (C=O) groups is 2. The number of ether oxygens (including phenoxy) is 1. The summed E-state index contributed by atoms with van der Waals surface area (Å²) in [6.07, 6.45) is -0.222. The number of aryl methyl sites for hydroxylation is 1. The number of ketones is 1. The summed E-state index contributed by atoms with van der Waals surface area (Å²) in [5, 5.41) is 10.4. The molecule has 4 nitrogen and oxygen atoms in total. The second-order valence-electron chi connectivity index (χ2n) is 6.52. The van der Waals surface area contributed by atoms with E-state index in [0.29, 0.717) is 12.0 Å². The van der Waals surface area contributed by atoms with Crippen LogP contribution in [0.25, 0.3) is 0 Å². The molecule has 0 spiro atoms. The van der Waals surface area contributed by atoms with Crippen LogP contribution < -0.4 is 0 Å². The molecule has 0 saturated carbocycles. The van der Waals surface area contributed by atoms with E-state index in [1.165, 1.54) is 6.07 Å². The first kappa shape index (κ1) is 18.8. The second-order valence-corrected chi connectivity index (χ2v) is 6.52. The van der Waals surface area contributed by atoms with Gasteiger partial charge < -0.3 is 9.84 Å². The number of Topliss-reactive ketones (excluding diaryl/α,β-unsaturated/α-hetero) is 1. The molecule has 0 bridgehead atoms. The number of halogens is 1. The molecule has 2 aromatic carbocycles. The summed E-state index contributed by atoms with van der Waals surface area (Å²) in [4.78, 5) is 25.1. The molecule has 27 heavy (non-hydrogen) atoms. The molecule has 0 saturated heterocycles. The van der Waals surface area contributed by atoms with Crippen molar-refractivity contribution in [3.63, 3.8) is 0 Å². The van der Waals surface area contributed by atoms with Gasteiger partial charge in [0.2, 0.25) is 5.78 Å². The first-order valence-electron chi connectivity index (χ1n) is 8.99. The fraction of sp³-hybridized carbons (Fsp3) is 0.273. The summed E-state index contributed by atoms with van der Waals surface area (Å²) in [6, 6.07) is 15.5. The smallest absolute Gasteiger partial charge is 0.339 e. The van der Waals surface area contributed by atoms with Gasteiger partial charge in [-0.1, -0.05) is 55.5 Å². The van der Waals surface area contributed by atoms with Crippen LogP contribution in [-0.4, -0.2) is 23.0 Å². The number of benzene rings is 2. The Morgan fingerprint density at radius 2 is 1.74 bits per heavy atom. The van der Waals surface area contributed by atoms with Crippen LogP contribution in [0.15, 0.2) is 65.9 Å². The van der Waals surface area contributed by atoms with Gasteiger partial charge in [0.15, 0.2) is 11.9 Å². The van der Waals surface area contributed by atoms with E-state index < -0.39 is 29.5 Å². The molecule has 0 amide bonds. The van der Waals surface area contributed by atoms with Gasteiger partial charge in [-0.3, -0.25) is 4.79 Å². The van der Waals surface area contributed by atoms with Crippen molar-refractivity contribution in [1.29, 1.82) is 0 Å². The SMILES string of the molecule is CCC(C1=C(O)C(=O)C(CCc2ccccc2F)OC1=O)c1ccccc1. The van der Waals surface area contributed by atoms with Gasteiger partial charge in [-0.2, -0.15) is 0 Å². The standard InChI is InChI=1S/C22H21FO4/c1-2-16(14-8-4-3-5-9-14)19-21(25)20(24)18(27-22(19)26)13-12-15-10-6-7-11-17(15)23/h3-11,16,18,25H,2,12-13H2,1H3. The summed E-state index contributed by atoms with van der Waals surface area (Å²) < 4.78 is 19.1. The third-order valence-corrected chi connectivity index (χ3v) is 4.84. The van der Waals surface area contributed by atoms with Gasteiger partial charge in [0.05, 0.1) is 5.57 Å². The molecule has 3 rings (SSSR count). The third kappa shape index (κ3) is 3.92. The molecule has 140 valence electrons. The number of aliphatic hydroxyl groups excluding tert-OH is 1. The van der Waals surface area contributed by atoms with E-state index in [-0.39, 0.29) is 24.2 Å². The van der Waals surface area contributed by atoms with Crippen molar-refractivity contribution in [3.05, 3.63) is 82.9 Å². The number of cyclic esters (lactones) is 1. The van der Waals surface area contributed by atoms with Crippen molar-refractivity contribution >= 4 is 11.8 Å². The molecule has 1 aliphatic rings. The zero-order valence-electron chi connectivity index (χ0n) is 15.0. The third-order valence-electron chi connectivity index (χ3n) is 4.84. The van der Waals surface area contributed by atoms with Crippen molar-refractivity contribution in [2.75, 3.05) is 0 Å². The molecule has 5 heteroatoms. The van der Waals surface area contributed by atoms with E-state index in [0.717, 1.165) is 5.56 Å². The van der Waals surface area contributed by atoms with Crippen molar-refractivity contribution in [1.82, 2.24) is 0 Å². The van der Waals surface area contributed by atoms with Crippen molar-refractivity contribution < 1.29 is 23.8 Å². The van der Waals surface area contributed by atoms with E-state index >= 15 is 0 Å². The lowest BCUT2D eigenvalue weighted by Gasteiger charge is -2.27. The summed E-state index contributed by atoms with van der Waals surface area (Å²) >= 11 is 0. The Hall–Kier alpha value is -2.95. The van der Waals surface area contributed by atoms with Crippen molar-refractivity contribution in [3.8, 4) is 0 Å². The van der Waals surface area contributed by atoms with E-state index in [1.807, 2.05) is 37.3 Å². The number of esters is 1. The van der Waals surface area contributed by atoms with Gasteiger partial charge in [-0.25, -0.2) is 9.18 Å². The lowest BCUT2D eigenvalue weighted by atomic mass is 9.85. The first-order chi connectivity index (χ1) is 13.0. The molecule has 1 heterocycles. The van der Waals surface area contributed by atoms with Gasteiger partial charge in [0, 0.05) is 5.92 Å². The molecule has 2 unspecified atom stereocenters. The van der Waals surface area contributed by atoms with Crippen LogP contribution in [0.1, 0.15) is 36.8 Å². The van der Waals surface area contributed by atoms with Crippen LogP contribution in [0.2, 0.25) is 0 Å². The Kier molecular flexibility index (Phi) is 5.69. The fourth-order valence-corrected chi connectivity index (χ4v) is 3.40. The van der Waals surface area contributed by atoms with E-state index in [9.17, 15) is 19.1 Å². The van der Waals surface area contributed by atoms with Gasteiger partial charge in [0.25, 0.3) is 0 Å². The zero-order valence-corrected chi connectivity index (χ0v) is 15.0. The average Bonchev–Trinajstić information content (AvgIpc) is 2.68. The minimum absolute atomic E-state index is 0.00385. The highest BCUT2D eigenvalue weighted by atomic mass is 19.1. The van der Waals surface area contributed by atoms with Gasteiger partial charge in [-0.15, -0.1) is 0 Å². The van der Waals surface area contributed by atoms with E-state index in [2.05, 4.69) is 0 Å². The van der Waals surface area contributed by atoms with Gasteiger partial charge in [-0.05, 0) is 36.5 Å². The highest BCUT2D eigenvalue weighted by molar-refractivity contribution is 6.09. The van der Waals surface area contributed by atoms with Gasteiger partial charge in [0.1, 0.15) is 5.82 Å². The maximum Gasteiger partial charge on any atom is 0.339 e. The molecule has 0 fully saturated rings. The Morgan fingerprint density at radius 1 is 1.07 bits per heavy atom. The van der Waals surface area contributed by atoms with Crippen LogP contribution in [0.3, 0.4) is 0 Å². The van der Waals surface area contributed by atoms with E-state index in [4.69, 9.17) is 4.74 Å². The topological polar surface area (TPSA) is 63.6 Å². The summed E-state index contributed by atoms with van der Waals surface area (Å²) in [5.41, 5.74) is 1.26. The molecule has 0 aliphatic carbocycles. The Labute approximate surface area is 157 Å². The summed E-state index contributed by atoms with van der Waals surface area (Å²) in [6.45, 7) is 1.87. The molecular weight excluding hydrogens is 347 g/mol. The quantitative estimate of drug-likeness (QED) is 0.774. The molecule has 2 atom stereocenters. The molecule has 0 radical (unpaired) electrons. The maximum atomic E-state index is 13.7. The lowest BCUT2D eigenvalue weighted by Crippen LogP contribution is -2.37. The van der Waals surface area contributed by atoms with E-state index in [1.54, 1.807) is 18.2 Å². The fourth-order valence-electron chi connectivity index (χ4n) is 3.40. The second kappa shape index (κ2) is 8.16. The number of hydrogen-bond donors (Lipinski definition) is 1. The number of aliphatic hydroxyl groups is 1. The molecular formula is C22H21FO4. The number of carbonyl (C=O) groups excluding carboxylic acids is 2. The van der Waals surface area contributed by atoms with Crippen LogP contribution in [0.4, 0.5) is 4.39 Å². The molecule has 0 aromatic heterocycles. The highest BCUT2D eigenvalue weighted by Crippen LogP contribution is 2.34. The Morgan fingerprint density at radius 3 is 2.41 bits per heavy atom. The highest BCUT2D eigenvalue weighted by Gasteiger charge is 2.39. The largest absolute Gasteiger partial charge is 0.504 e. The summed E-state index contributed by atoms with van der Waals surface area (Å²) in [5.74, 6) is -2.66. The minimum atomic E-state index is -1.10. The van der Waals surface area contributed by atoms with Crippen LogP contribution in [0.5, 0.6) is 0 Å². The predicted molar refractivity (Wildman–Crippen MR) is 98.7 cm³/mol. The van der Waals surface area contributed by atoms with Gasteiger partial charge >= 0.3 is 5.97 Å². The molecule has 1 N–H and O–H groups in total. The van der Waals surface area contributed by atoms with Crippen LogP contribution >= 0.6 is 0 Å². The average molecular weight is 368 g/mol. The van der Waals surface area contributed by atoms with Crippen LogP contribution in [-0.2, 0) is 20.7 Å². The minimum Gasteiger partial charge on any atom is -0.504 e. The van der Waals surface area contributed by atoms with Crippen molar-refractivity contribution in [2.45, 2.75) is 38.2 Å². The zero-order chi connectivity index (χ0) is 19.4. The normalized spacial score (nSPS) is 18.4. The first-order valence-corrected chi connectivity index (χ1v) is 8.99.